The van der Waals surface area contributed by atoms with Crippen molar-refractivity contribution >= 4 is 31.9 Å². The van der Waals surface area contributed by atoms with Crippen LogP contribution in [-0.4, -0.2) is 20.8 Å². The van der Waals surface area contributed by atoms with Gasteiger partial charge in [0.2, 0.25) is 0 Å². The van der Waals surface area contributed by atoms with Gasteiger partial charge in [0.1, 0.15) is 17.1 Å². The molecule has 0 saturated carbocycles. The van der Waals surface area contributed by atoms with Crippen LogP contribution in [-0.2, 0) is 10.1 Å². The van der Waals surface area contributed by atoms with E-state index in [0.717, 1.165) is 12.1 Å². The second-order valence-electron chi connectivity index (χ2n) is 5.63. The quantitative estimate of drug-likeness (QED) is 0.273. The Kier molecular flexibility index (Phi) is 4.64. The average molecular weight is 396 g/mol. The third-order valence-electron chi connectivity index (χ3n) is 3.85. The van der Waals surface area contributed by atoms with Crippen molar-refractivity contribution < 1.29 is 30.5 Å². The summed E-state index contributed by atoms with van der Waals surface area (Å²) in [6.45, 7) is 3.10. The Balaban J connectivity index is 2.10. The Labute approximate surface area is 152 Å². The molecule has 0 spiro atoms. The third-order valence-corrected chi connectivity index (χ3v) is 5.16. The van der Waals surface area contributed by atoms with E-state index in [1.807, 2.05) is 0 Å². The fraction of sp³-hybridized carbons (Fsp3) is 0.167. The first-order valence-electron chi connectivity index (χ1n) is 7.66. The van der Waals surface area contributed by atoms with Crippen LogP contribution in [0.5, 0.6) is 11.5 Å². The van der Waals surface area contributed by atoms with Gasteiger partial charge in [-0.05, 0) is 30.3 Å². The van der Waals surface area contributed by atoms with Crippen LogP contribution in [0.15, 0.2) is 58.3 Å². The van der Waals surface area contributed by atoms with Gasteiger partial charge in [-0.2, -0.15) is 17.2 Å². The smallest absolute Gasteiger partial charge is 0.383 e. The lowest BCUT2D eigenvalue weighted by Crippen LogP contribution is -2.32. The van der Waals surface area contributed by atoms with Crippen LogP contribution < -0.4 is 14.5 Å². The Morgan fingerprint density at radius 2 is 1.78 bits per heavy atom. The van der Waals surface area contributed by atoms with Gasteiger partial charge in [0, 0.05) is 23.3 Å². The first-order valence-corrected chi connectivity index (χ1v) is 9.07. The molecule has 0 amide bonds. The first kappa shape index (κ1) is 18.8. The van der Waals surface area contributed by atoms with Crippen molar-refractivity contribution in [3.63, 3.8) is 0 Å². The van der Waals surface area contributed by atoms with Gasteiger partial charge in [-0.1, -0.05) is 6.08 Å². The number of allylic oxidation sites excluding steroid dienone is 1. The molecule has 0 atom stereocenters. The lowest BCUT2D eigenvalue weighted by molar-refractivity contribution is 0.0858. The Bertz CT molecular complexity index is 1200. The minimum absolute atomic E-state index is 0.00240. The van der Waals surface area contributed by atoms with Gasteiger partial charge < -0.3 is 13.3 Å². The first-order chi connectivity index (χ1) is 12.7. The molecule has 1 aromatic heterocycles. The minimum atomic E-state index is -5.25. The van der Waals surface area contributed by atoms with Crippen LogP contribution in [0.4, 0.5) is 8.78 Å². The van der Waals surface area contributed by atoms with Crippen molar-refractivity contribution in [2.45, 2.75) is 11.7 Å². The monoisotopic (exact) mass is 396 g/mol. The molecule has 142 valence electrons. The minimum Gasteiger partial charge on any atom is -0.497 e. The summed E-state index contributed by atoms with van der Waals surface area (Å²) in [5.41, 5.74) is -0.689. The normalized spacial score (nSPS) is 12.3. The fourth-order valence-electron chi connectivity index (χ4n) is 2.53. The predicted octanol–water partition coefficient (Wildman–Crippen LogP) is 3.83. The van der Waals surface area contributed by atoms with Crippen molar-refractivity contribution in [1.29, 1.82) is 0 Å². The number of fused-ring (bicyclic) bond motifs is 3. The molecule has 2 aromatic carbocycles. The summed E-state index contributed by atoms with van der Waals surface area (Å²) in [5, 5.41) is -2.85. The molecular weight excluding hydrogens is 382 g/mol. The van der Waals surface area contributed by atoms with Crippen molar-refractivity contribution in [3.8, 4) is 11.5 Å². The van der Waals surface area contributed by atoms with Gasteiger partial charge in [-0.25, -0.2) is 4.79 Å². The average Bonchev–Trinajstić information content (AvgIpc) is 2.61. The molecule has 3 aromatic rings. The Hall–Kier alpha value is -2.94. The van der Waals surface area contributed by atoms with E-state index < -0.39 is 33.2 Å². The molecule has 0 bridgehead atoms. The van der Waals surface area contributed by atoms with Gasteiger partial charge in [0.05, 0.1) is 12.5 Å². The van der Waals surface area contributed by atoms with Gasteiger partial charge in [0.15, 0.2) is 0 Å². The lowest BCUT2D eigenvalue weighted by atomic mass is 10.1. The molecule has 0 unspecified atom stereocenters. The highest BCUT2D eigenvalue weighted by molar-refractivity contribution is 7.88. The molecule has 0 aliphatic carbocycles. The standard InChI is InChI=1S/C18H14F2O6S/c1-3-8-18(19,20)27(22,23)26-12-5-7-14-13-6-4-11(24-2)9-15(13)17(21)25-16(14)10-12/h3-7,9-10H,1,8H2,2H3. The fourth-order valence-corrected chi connectivity index (χ4v) is 3.33. The number of hydrogen-bond acceptors (Lipinski definition) is 6. The van der Waals surface area contributed by atoms with Gasteiger partial charge in [-0.15, -0.1) is 6.58 Å². The topological polar surface area (TPSA) is 82.8 Å². The molecule has 0 N–H and O–H groups in total. The van der Waals surface area contributed by atoms with Crippen LogP contribution in [0.2, 0.25) is 0 Å². The highest BCUT2D eigenvalue weighted by Crippen LogP contribution is 2.32. The summed E-state index contributed by atoms with van der Waals surface area (Å²) < 4.78 is 65.6. The summed E-state index contributed by atoms with van der Waals surface area (Å²) in [5.74, 6) is 0.0619. The summed E-state index contributed by atoms with van der Waals surface area (Å²) in [6, 6.07) is 8.49. The summed E-state index contributed by atoms with van der Waals surface area (Å²) in [7, 11) is -3.79. The van der Waals surface area contributed by atoms with Gasteiger partial charge in [-0.3, -0.25) is 0 Å². The van der Waals surface area contributed by atoms with E-state index in [9.17, 15) is 22.0 Å². The number of halogens is 2. The van der Waals surface area contributed by atoms with Crippen LogP contribution in [0.1, 0.15) is 6.42 Å². The van der Waals surface area contributed by atoms with E-state index in [-0.39, 0.29) is 11.0 Å². The number of ether oxygens (including phenoxy) is 1. The number of alkyl halides is 2. The number of methoxy groups -OCH3 is 1. The molecule has 0 radical (unpaired) electrons. The van der Waals surface area contributed by atoms with E-state index in [4.69, 9.17) is 9.15 Å². The highest BCUT2D eigenvalue weighted by Gasteiger charge is 2.46. The summed E-state index contributed by atoms with van der Waals surface area (Å²) >= 11 is 0. The van der Waals surface area contributed by atoms with Crippen LogP contribution in [0.25, 0.3) is 21.7 Å². The third kappa shape index (κ3) is 3.37. The predicted molar refractivity (Wildman–Crippen MR) is 95.9 cm³/mol. The summed E-state index contributed by atoms with van der Waals surface area (Å²) in [6.07, 6.45) is -0.314. The molecule has 1 heterocycles. The van der Waals surface area contributed by atoms with E-state index in [0.29, 0.717) is 16.5 Å². The zero-order valence-electron chi connectivity index (χ0n) is 14.1. The van der Waals surface area contributed by atoms with Gasteiger partial charge in [0.25, 0.3) is 0 Å². The zero-order valence-corrected chi connectivity index (χ0v) is 14.9. The van der Waals surface area contributed by atoms with Crippen LogP contribution in [0.3, 0.4) is 0 Å². The molecule has 6 nitrogen and oxygen atoms in total. The molecule has 0 aliphatic heterocycles. The Morgan fingerprint density at radius 3 is 2.44 bits per heavy atom. The number of rotatable bonds is 6. The molecular formula is C18H14F2O6S. The lowest BCUT2D eigenvalue weighted by Gasteiger charge is -2.15. The molecule has 0 aliphatic rings. The van der Waals surface area contributed by atoms with Crippen molar-refractivity contribution in [2.24, 2.45) is 0 Å². The molecule has 0 saturated heterocycles. The highest BCUT2D eigenvalue weighted by atomic mass is 32.2. The largest absolute Gasteiger partial charge is 0.497 e. The van der Waals surface area contributed by atoms with E-state index in [1.165, 1.54) is 25.3 Å². The summed E-state index contributed by atoms with van der Waals surface area (Å²) in [4.78, 5) is 12.2. The molecule has 9 heteroatoms. The van der Waals surface area contributed by atoms with E-state index in [2.05, 4.69) is 10.8 Å². The zero-order chi connectivity index (χ0) is 19.8. The second kappa shape index (κ2) is 6.66. The van der Waals surface area contributed by atoms with Crippen LogP contribution in [0, 0.1) is 0 Å². The van der Waals surface area contributed by atoms with E-state index in [1.54, 1.807) is 12.1 Å². The van der Waals surface area contributed by atoms with Crippen LogP contribution >= 0.6 is 0 Å². The van der Waals surface area contributed by atoms with Crippen molar-refractivity contribution in [2.75, 3.05) is 7.11 Å². The molecule has 3 rings (SSSR count). The maximum atomic E-state index is 13.7. The molecule has 27 heavy (non-hydrogen) atoms. The maximum Gasteiger partial charge on any atom is 0.383 e. The van der Waals surface area contributed by atoms with E-state index >= 15 is 0 Å². The number of benzene rings is 2. The SMILES string of the molecule is C=CCC(F)(F)S(=O)(=O)Oc1ccc2c(c1)oc(=O)c1cc(OC)ccc12. The Morgan fingerprint density at radius 1 is 1.11 bits per heavy atom. The molecule has 0 fully saturated rings. The maximum absolute atomic E-state index is 13.7. The van der Waals surface area contributed by atoms with Crippen molar-refractivity contribution in [1.82, 2.24) is 0 Å². The second-order valence-corrected chi connectivity index (χ2v) is 7.30. The van der Waals surface area contributed by atoms with Gasteiger partial charge >= 0.3 is 21.0 Å². The number of hydrogen-bond donors (Lipinski definition) is 0. The van der Waals surface area contributed by atoms with Crippen molar-refractivity contribution in [3.05, 3.63) is 59.5 Å².